The number of nitriles is 1. The Morgan fingerprint density at radius 2 is 1.89 bits per heavy atom. The van der Waals surface area contributed by atoms with Gasteiger partial charge in [0.2, 0.25) is 0 Å². The van der Waals surface area contributed by atoms with Gasteiger partial charge in [-0.25, -0.2) is 18.1 Å². The van der Waals surface area contributed by atoms with Crippen molar-refractivity contribution in [3.05, 3.63) is 41.9 Å². The minimum Gasteiger partial charge on any atom is -0.475 e. The number of fused-ring (bicyclic) bond motifs is 1. The number of carbonyl (C=O) groups is 2. The number of aromatic nitrogens is 4. The third-order valence-corrected chi connectivity index (χ3v) is 5.44. The average molecular weight is 528 g/mol. The van der Waals surface area contributed by atoms with Gasteiger partial charge in [-0.1, -0.05) is 0 Å². The SMILES string of the molecule is Cn1cc(NC(=O)c2ccc3ccc(N[C@@H]4CCCC(F)(F)[C@@H]4N)nn23)c(C#N)n1.O=C(O)C(F)(F)F. The number of carboxylic acid groups (broad SMARTS) is 1. The van der Waals surface area contributed by atoms with Crippen LogP contribution in [0.15, 0.2) is 30.5 Å². The van der Waals surface area contributed by atoms with Crippen LogP contribution < -0.4 is 16.4 Å². The van der Waals surface area contributed by atoms with Crippen LogP contribution in [0.25, 0.3) is 5.52 Å². The number of amides is 1. The molecule has 198 valence electrons. The van der Waals surface area contributed by atoms with Crippen LogP contribution in [0.2, 0.25) is 0 Å². The van der Waals surface area contributed by atoms with Gasteiger partial charge in [0.1, 0.15) is 17.6 Å². The maximum atomic E-state index is 13.9. The van der Waals surface area contributed by atoms with Gasteiger partial charge in [0.15, 0.2) is 5.69 Å². The summed E-state index contributed by atoms with van der Waals surface area (Å²) in [5, 5.41) is 30.2. The molecular weight excluding hydrogens is 507 g/mol. The molecule has 11 nitrogen and oxygen atoms in total. The van der Waals surface area contributed by atoms with E-state index in [1.165, 1.54) is 15.4 Å². The third kappa shape index (κ3) is 6.30. The van der Waals surface area contributed by atoms with Crippen LogP contribution in [0.1, 0.15) is 35.4 Å². The molecule has 0 aliphatic heterocycles. The topological polar surface area (TPSA) is 163 Å². The van der Waals surface area contributed by atoms with Crippen LogP contribution in [0.5, 0.6) is 0 Å². The molecule has 2 atom stereocenters. The molecule has 3 aromatic rings. The Kier molecular flexibility index (Phi) is 7.67. The van der Waals surface area contributed by atoms with Crippen molar-refractivity contribution in [3.8, 4) is 6.07 Å². The normalized spacial score (nSPS) is 18.9. The number of hydrogen-bond donors (Lipinski definition) is 4. The number of nitrogens with two attached hydrogens (primary N) is 1. The summed E-state index contributed by atoms with van der Waals surface area (Å²) in [6.07, 6.45) is -2.91. The number of carboxylic acids is 1. The molecule has 4 rings (SSSR count). The molecule has 0 radical (unpaired) electrons. The van der Waals surface area contributed by atoms with Crippen LogP contribution in [0.3, 0.4) is 0 Å². The molecule has 3 heterocycles. The first-order valence-electron chi connectivity index (χ1n) is 10.7. The summed E-state index contributed by atoms with van der Waals surface area (Å²) in [5.74, 6) is -5.83. The second-order valence-electron chi connectivity index (χ2n) is 8.14. The fourth-order valence-corrected chi connectivity index (χ4v) is 3.64. The van der Waals surface area contributed by atoms with E-state index < -0.39 is 36.1 Å². The van der Waals surface area contributed by atoms with Crippen LogP contribution in [-0.4, -0.2) is 60.6 Å². The Morgan fingerprint density at radius 3 is 2.51 bits per heavy atom. The third-order valence-electron chi connectivity index (χ3n) is 5.44. The molecule has 5 N–H and O–H groups in total. The van der Waals surface area contributed by atoms with E-state index in [-0.39, 0.29) is 23.5 Å². The Morgan fingerprint density at radius 1 is 1.24 bits per heavy atom. The van der Waals surface area contributed by atoms with Gasteiger partial charge >= 0.3 is 12.1 Å². The molecule has 1 aliphatic rings. The van der Waals surface area contributed by atoms with Crippen molar-refractivity contribution in [1.29, 1.82) is 5.26 Å². The predicted molar refractivity (Wildman–Crippen MR) is 119 cm³/mol. The smallest absolute Gasteiger partial charge is 0.475 e. The first-order valence-corrected chi connectivity index (χ1v) is 10.7. The van der Waals surface area contributed by atoms with Gasteiger partial charge in [-0.2, -0.15) is 23.5 Å². The number of aliphatic carboxylic acids is 1. The number of aryl methyl sites for hydroxylation is 1. The molecule has 1 amide bonds. The number of carbonyl (C=O) groups excluding carboxylic acids is 1. The molecule has 0 unspecified atom stereocenters. The van der Waals surface area contributed by atoms with Crippen molar-refractivity contribution in [3.63, 3.8) is 0 Å². The zero-order chi connectivity index (χ0) is 27.5. The van der Waals surface area contributed by atoms with E-state index in [0.29, 0.717) is 24.2 Å². The first-order chi connectivity index (χ1) is 17.2. The van der Waals surface area contributed by atoms with Crippen LogP contribution in [-0.2, 0) is 11.8 Å². The number of nitrogens with zero attached hydrogens (tertiary/aromatic N) is 5. The van der Waals surface area contributed by atoms with Gasteiger partial charge in [0.25, 0.3) is 11.8 Å². The van der Waals surface area contributed by atoms with E-state index in [1.54, 1.807) is 31.3 Å². The molecule has 37 heavy (non-hydrogen) atoms. The van der Waals surface area contributed by atoms with E-state index in [9.17, 15) is 26.7 Å². The lowest BCUT2D eigenvalue weighted by atomic mass is 9.87. The van der Waals surface area contributed by atoms with E-state index >= 15 is 0 Å². The van der Waals surface area contributed by atoms with Crippen molar-refractivity contribution in [1.82, 2.24) is 19.4 Å². The summed E-state index contributed by atoms with van der Waals surface area (Å²) in [6, 6.07) is 6.66. The monoisotopic (exact) mass is 528 g/mol. The standard InChI is InChI=1S/C19H20F2N8O.C2HF3O2/c1-28-10-14(13(9-22)26-28)25-18(30)15-6-4-11-5-7-16(27-29(11)15)24-12-3-2-8-19(20,21)17(12)23;3-2(4,5)1(6)7/h4-7,10,12,17H,2-3,8,23H2,1H3,(H,24,27)(H,25,30);(H,6,7)/t12-,17-;/m1./s1. The van der Waals surface area contributed by atoms with E-state index in [0.717, 1.165) is 0 Å². The molecule has 16 heteroatoms. The van der Waals surface area contributed by atoms with E-state index in [1.807, 2.05) is 6.07 Å². The zero-order valence-electron chi connectivity index (χ0n) is 19.1. The largest absolute Gasteiger partial charge is 0.490 e. The first kappa shape index (κ1) is 27.3. The average Bonchev–Trinajstić information content (AvgIpc) is 3.39. The Labute approximate surface area is 205 Å². The van der Waals surface area contributed by atoms with Crippen LogP contribution in [0.4, 0.5) is 33.5 Å². The summed E-state index contributed by atoms with van der Waals surface area (Å²) < 4.78 is 62.4. The van der Waals surface area contributed by atoms with Crippen molar-refractivity contribution in [2.45, 2.75) is 43.4 Å². The Hall–Kier alpha value is -4.26. The summed E-state index contributed by atoms with van der Waals surface area (Å²) >= 11 is 0. The van der Waals surface area contributed by atoms with E-state index in [4.69, 9.17) is 20.9 Å². The highest BCUT2D eigenvalue weighted by atomic mass is 19.4. The quantitative estimate of drug-likeness (QED) is 0.376. The lowest BCUT2D eigenvalue weighted by molar-refractivity contribution is -0.192. The zero-order valence-corrected chi connectivity index (χ0v) is 19.1. The fourth-order valence-electron chi connectivity index (χ4n) is 3.64. The maximum absolute atomic E-state index is 13.9. The highest BCUT2D eigenvalue weighted by molar-refractivity contribution is 6.04. The number of rotatable bonds is 4. The molecule has 1 aliphatic carbocycles. The minimum absolute atomic E-state index is 0.0919. The van der Waals surface area contributed by atoms with Crippen LogP contribution in [0, 0.1) is 11.3 Å². The molecule has 0 aromatic carbocycles. The van der Waals surface area contributed by atoms with Gasteiger partial charge in [0.05, 0.1) is 17.2 Å². The lowest BCUT2D eigenvalue weighted by Gasteiger charge is -2.36. The number of alkyl halides is 5. The lowest BCUT2D eigenvalue weighted by Crippen LogP contribution is -2.55. The molecule has 0 saturated heterocycles. The molecule has 0 spiro atoms. The number of anilines is 2. The molecule has 0 bridgehead atoms. The summed E-state index contributed by atoms with van der Waals surface area (Å²) in [6.45, 7) is 0. The van der Waals surface area contributed by atoms with Crippen molar-refractivity contribution >= 4 is 28.9 Å². The van der Waals surface area contributed by atoms with Crippen molar-refractivity contribution < 1.29 is 36.6 Å². The van der Waals surface area contributed by atoms with Crippen LogP contribution >= 0.6 is 0 Å². The maximum Gasteiger partial charge on any atom is 0.490 e. The second-order valence-corrected chi connectivity index (χ2v) is 8.14. The van der Waals surface area contributed by atoms with Gasteiger partial charge in [-0.3, -0.25) is 9.48 Å². The molecule has 3 aromatic heterocycles. The second kappa shape index (κ2) is 10.4. The predicted octanol–water partition coefficient (Wildman–Crippen LogP) is 2.75. The molecular formula is C21H21F5N8O3. The van der Waals surface area contributed by atoms with Gasteiger partial charge in [-0.05, 0) is 37.1 Å². The minimum atomic E-state index is -5.08. The number of halogens is 5. The van der Waals surface area contributed by atoms with Gasteiger partial charge in [0, 0.05) is 25.7 Å². The van der Waals surface area contributed by atoms with Crippen molar-refractivity contribution in [2.24, 2.45) is 12.8 Å². The Bertz CT molecular complexity index is 1340. The summed E-state index contributed by atoms with van der Waals surface area (Å²) in [5.41, 5.74) is 6.99. The molecule has 1 saturated carbocycles. The summed E-state index contributed by atoms with van der Waals surface area (Å²) in [7, 11) is 1.64. The van der Waals surface area contributed by atoms with Gasteiger partial charge < -0.3 is 21.5 Å². The highest BCUT2D eigenvalue weighted by Gasteiger charge is 2.44. The van der Waals surface area contributed by atoms with Crippen molar-refractivity contribution in [2.75, 3.05) is 10.6 Å². The number of nitrogens with one attached hydrogen (secondary N) is 2. The molecule has 1 fully saturated rings. The van der Waals surface area contributed by atoms with E-state index in [2.05, 4.69) is 20.8 Å². The fraction of sp³-hybridized carbons (Fsp3) is 0.381. The summed E-state index contributed by atoms with van der Waals surface area (Å²) in [4.78, 5) is 21.6. The van der Waals surface area contributed by atoms with Gasteiger partial charge in [-0.15, -0.1) is 5.10 Å². The highest BCUT2D eigenvalue weighted by Crippen LogP contribution is 2.33. The Balaban J connectivity index is 0.000000479. The number of hydrogen-bond acceptors (Lipinski definition) is 7.